The first-order valence-corrected chi connectivity index (χ1v) is 6.04. The number of amides is 1. The van der Waals surface area contributed by atoms with Crippen molar-refractivity contribution >= 4 is 17.5 Å². The third kappa shape index (κ3) is 2.61. The summed E-state index contributed by atoms with van der Waals surface area (Å²) in [7, 11) is 0. The van der Waals surface area contributed by atoms with Gasteiger partial charge in [-0.05, 0) is 31.1 Å². The summed E-state index contributed by atoms with van der Waals surface area (Å²) in [6.07, 6.45) is 4.20. The highest BCUT2D eigenvalue weighted by Gasteiger charge is 2.19. The fourth-order valence-corrected chi connectivity index (χ4v) is 1.98. The van der Waals surface area contributed by atoms with Crippen LogP contribution in [0.1, 0.15) is 18.9 Å². The lowest BCUT2D eigenvalue weighted by Gasteiger charge is -2.25. The highest BCUT2D eigenvalue weighted by molar-refractivity contribution is 5.76. The van der Waals surface area contributed by atoms with Crippen LogP contribution in [0.25, 0.3) is 5.57 Å². The van der Waals surface area contributed by atoms with Crippen molar-refractivity contribution in [2.45, 2.75) is 13.3 Å². The molecule has 5 nitrogen and oxygen atoms in total. The number of pyridine rings is 1. The van der Waals surface area contributed by atoms with Crippen molar-refractivity contribution in [2.24, 2.45) is 0 Å². The molecule has 0 spiro atoms. The molecule has 18 heavy (non-hydrogen) atoms. The number of aromatic nitrogens is 1. The first-order valence-electron chi connectivity index (χ1n) is 6.04. The molecule has 0 fully saturated rings. The number of ether oxygens (including phenoxy) is 1. The van der Waals surface area contributed by atoms with E-state index in [0.29, 0.717) is 25.5 Å². The van der Waals surface area contributed by atoms with Gasteiger partial charge in [0.15, 0.2) is 0 Å². The first-order chi connectivity index (χ1) is 8.72. The zero-order valence-corrected chi connectivity index (χ0v) is 10.4. The summed E-state index contributed by atoms with van der Waals surface area (Å²) in [6.45, 7) is 3.42. The quantitative estimate of drug-likeness (QED) is 0.866. The lowest BCUT2D eigenvalue weighted by Crippen LogP contribution is -2.35. The number of rotatable bonds is 2. The summed E-state index contributed by atoms with van der Waals surface area (Å²) in [5, 5.41) is 0. The molecule has 1 aliphatic rings. The third-order valence-corrected chi connectivity index (χ3v) is 2.92. The van der Waals surface area contributed by atoms with E-state index < -0.39 is 0 Å². The van der Waals surface area contributed by atoms with Gasteiger partial charge in [0.25, 0.3) is 0 Å². The Kier molecular flexibility index (Phi) is 3.82. The Morgan fingerprint density at radius 1 is 1.61 bits per heavy atom. The predicted molar refractivity (Wildman–Crippen MR) is 69.8 cm³/mol. The molecule has 0 bridgehead atoms. The number of carbonyl (C=O) groups excluding carboxylic acids is 1. The van der Waals surface area contributed by atoms with Crippen LogP contribution in [0.2, 0.25) is 0 Å². The minimum absolute atomic E-state index is 0.257. The van der Waals surface area contributed by atoms with Crippen molar-refractivity contribution in [3.8, 4) is 0 Å². The Bertz CT molecular complexity index is 471. The molecule has 0 atom stereocenters. The number of hydrogen-bond donors (Lipinski definition) is 1. The number of nitrogens with zero attached hydrogens (tertiary/aromatic N) is 2. The Labute approximate surface area is 106 Å². The average Bonchev–Trinajstić information content (AvgIpc) is 2.40. The number of carbonyl (C=O) groups is 1. The van der Waals surface area contributed by atoms with E-state index in [-0.39, 0.29) is 6.09 Å². The smallest absolute Gasteiger partial charge is 0.410 e. The molecule has 0 saturated carbocycles. The van der Waals surface area contributed by atoms with Crippen molar-refractivity contribution in [2.75, 3.05) is 25.4 Å². The van der Waals surface area contributed by atoms with E-state index in [9.17, 15) is 4.79 Å². The fourth-order valence-electron chi connectivity index (χ4n) is 1.98. The summed E-state index contributed by atoms with van der Waals surface area (Å²) >= 11 is 0. The fraction of sp³-hybridized carbons (Fsp3) is 0.385. The van der Waals surface area contributed by atoms with Crippen molar-refractivity contribution in [1.29, 1.82) is 0 Å². The molecule has 0 aliphatic carbocycles. The second kappa shape index (κ2) is 5.53. The Morgan fingerprint density at radius 2 is 2.44 bits per heavy atom. The summed E-state index contributed by atoms with van der Waals surface area (Å²) in [5.41, 5.74) is 7.94. The van der Waals surface area contributed by atoms with Gasteiger partial charge in [-0.25, -0.2) is 9.78 Å². The van der Waals surface area contributed by atoms with E-state index in [4.69, 9.17) is 10.5 Å². The van der Waals surface area contributed by atoms with Crippen LogP contribution in [-0.2, 0) is 4.74 Å². The Balaban J connectivity index is 2.07. The molecule has 5 heteroatoms. The van der Waals surface area contributed by atoms with E-state index in [1.165, 1.54) is 0 Å². The van der Waals surface area contributed by atoms with Crippen molar-refractivity contribution in [1.82, 2.24) is 9.88 Å². The topological polar surface area (TPSA) is 68.5 Å². The number of anilines is 1. The summed E-state index contributed by atoms with van der Waals surface area (Å²) in [6, 6.07) is 3.82. The molecule has 0 saturated heterocycles. The van der Waals surface area contributed by atoms with Crippen LogP contribution in [0.5, 0.6) is 0 Å². The van der Waals surface area contributed by atoms with E-state index >= 15 is 0 Å². The second-order valence-corrected chi connectivity index (χ2v) is 4.06. The summed E-state index contributed by atoms with van der Waals surface area (Å²) in [4.78, 5) is 17.3. The van der Waals surface area contributed by atoms with E-state index in [0.717, 1.165) is 17.6 Å². The van der Waals surface area contributed by atoms with Gasteiger partial charge >= 0.3 is 6.09 Å². The number of nitrogen functional groups attached to an aromatic ring is 1. The van der Waals surface area contributed by atoms with E-state index in [1.807, 2.05) is 18.2 Å². The minimum Gasteiger partial charge on any atom is -0.450 e. The zero-order chi connectivity index (χ0) is 13.0. The van der Waals surface area contributed by atoms with Crippen LogP contribution >= 0.6 is 0 Å². The molecule has 1 aromatic heterocycles. The van der Waals surface area contributed by atoms with Gasteiger partial charge in [-0.15, -0.1) is 0 Å². The zero-order valence-electron chi connectivity index (χ0n) is 10.4. The Hall–Kier alpha value is -2.04. The molecule has 2 heterocycles. The van der Waals surface area contributed by atoms with Crippen molar-refractivity contribution in [3.63, 3.8) is 0 Å². The maximum atomic E-state index is 11.5. The van der Waals surface area contributed by atoms with Gasteiger partial charge in [-0.1, -0.05) is 6.08 Å². The molecule has 0 aromatic carbocycles. The SMILES string of the molecule is CCOC(=O)N1CC=C(c2cccnc2N)CC1. The predicted octanol–water partition coefficient (Wildman–Crippen LogP) is 1.91. The largest absolute Gasteiger partial charge is 0.450 e. The molecule has 1 aromatic rings. The summed E-state index contributed by atoms with van der Waals surface area (Å²) in [5.74, 6) is 0.535. The highest BCUT2D eigenvalue weighted by atomic mass is 16.6. The molecule has 2 rings (SSSR count). The maximum absolute atomic E-state index is 11.5. The molecule has 1 amide bonds. The van der Waals surface area contributed by atoms with Crippen molar-refractivity contribution in [3.05, 3.63) is 30.0 Å². The molecule has 1 aliphatic heterocycles. The number of hydrogen-bond acceptors (Lipinski definition) is 4. The first kappa shape index (κ1) is 12.4. The van der Waals surface area contributed by atoms with Crippen LogP contribution in [0.4, 0.5) is 10.6 Å². The van der Waals surface area contributed by atoms with Crippen LogP contribution < -0.4 is 5.73 Å². The molecular formula is C13H17N3O2. The van der Waals surface area contributed by atoms with Crippen LogP contribution in [0.15, 0.2) is 24.4 Å². The highest BCUT2D eigenvalue weighted by Crippen LogP contribution is 2.25. The monoisotopic (exact) mass is 247 g/mol. The lowest BCUT2D eigenvalue weighted by molar-refractivity contribution is 0.111. The van der Waals surface area contributed by atoms with Crippen LogP contribution in [0.3, 0.4) is 0 Å². The van der Waals surface area contributed by atoms with E-state index in [1.54, 1.807) is 18.0 Å². The van der Waals surface area contributed by atoms with Gasteiger partial charge in [-0.2, -0.15) is 0 Å². The van der Waals surface area contributed by atoms with Gasteiger partial charge < -0.3 is 15.4 Å². The normalized spacial score (nSPS) is 15.2. The van der Waals surface area contributed by atoms with Gasteiger partial charge in [0.1, 0.15) is 5.82 Å². The number of nitrogens with two attached hydrogens (primary N) is 1. The third-order valence-electron chi connectivity index (χ3n) is 2.92. The molecular weight excluding hydrogens is 230 g/mol. The van der Waals surface area contributed by atoms with Gasteiger partial charge in [0.05, 0.1) is 6.61 Å². The molecule has 0 unspecified atom stereocenters. The minimum atomic E-state index is -0.257. The van der Waals surface area contributed by atoms with Gasteiger partial charge in [0.2, 0.25) is 0 Å². The standard InChI is InChI=1S/C13H17N3O2/c1-2-18-13(17)16-8-5-10(6-9-16)11-4-3-7-15-12(11)14/h3-5,7H,2,6,8-9H2,1H3,(H2,14,15). The molecule has 0 radical (unpaired) electrons. The summed E-state index contributed by atoms with van der Waals surface area (Å²) < 4.78 is 4.97. The van der Waals surface area contributed by atoms with Crippen LogP contribution in [-0.4, -0.2) is 35.7 Å². The van der Waals surface area contributed by atoms with Gasteiger partial charge in [0, 0.05) is 24.8 Å². The van der Waals surface area contributed by atoms with Crippen molar-refractivity contribution < 1.29 is 9.53 Å². The average molecular weight is 247 g/mol. The molecule has 2 N–H and O–H groups in total. The second-order valence-electron chi connectivity index (χ2n) is 4.06. The van der Waals surface area contributed by atoms with Gasteiger partial charge in [-0.3, -0.25) is 0 Å². The Morgan fingerprint density at radius 3 is 3.06 bits per heavy atom. The lowest BCUT2D eigenvalue weighted by atomic mass is 10.0. The molecule has 96 valence electrons. The van der Waals surface area contributed by atoms with Crippen LogP contribution in [0, 0.1) is 0 Å². The maximum Gasteiger partial charge on any atom is 0.410 e. The van der Waals surface area contributed by atoms with E-state index in [2.05, 4.69) is 4.98 Å².